The van der Waals surface area contributed by atoms with Gasteiger partial charge in [-0.2, -0.15) is 0 Å². The number of carboxylic acids is 1. The molecular formula is C17H16N2O4. The zero-order valence-electron chi connectivity index (χ0n) is 12.3. The molecular weight excluding hydrogens is 296 g/mol. The average molecular weight is 312 g/mol. The molecule has 2 aromatic carbocycles. The van der Waals surface area contributed by atoms with Crippen molar-refractivity contribution in [2.75, 3.05) is 6.61 Å². The number of fused-ring (bicyclic) bond motifs is 1. The molecule has 0 unspecified atom stereocenters. The van der Waals surface area contributed by atoms with Crippen molar-refractivity contribution in [1.82, 2.24) is 9.55 Å². The van der Waals surface area contributed by atoms with Crippen LogP contribution >= 0.6 is 0 Å². The molecule has 2 N–H and O–H groups in total. The van der Waals surface area contributed by atoms with E-state index >= 15 is 0 Å². The number of benzene rings is 2. The van der Waals surface area contributed by atoms with Gasteiger partial charge < -0.3 is 19.5 Å². The molecule has 118 valence electrons. The second-order valence-corrected chi connectivity index (χ2v) is 5.18. The first-order valence-corrected chi connectivity index (χ1v) is 7.17. The molecule has 0 aliphatic rings. The lowest BCUT2D eigenvalue weighted by Gasteiger charge is -2.14. The Morgan fingerprint density at radius 3 is 2.87 bits per heavy atom. The van der Waals surface area contributed by atoms with Crippen LogP contribution < -0.4 is 4.74 Å². The number of para-hydroxylation sites is 2. The van der Waals surface area contributed by atoms with E-state index in [0.717, 1.165) is 11.0 Å². The van der Waals surface area contributed by atoms with E-state index < -0.39 is 12.1 Å². The lowest BCUT2D eigenvalue weighted by Crippen LogP contribution is -2.23. The number of carbonyl (C=O) groups is 1. The van der Waals surface area contributed by atoms with Crippen LogP contribution in [-0.2, 0) is 6.54 Å². The van der Waals surface area contributed by atoms with Gasteiger partial charge in [0.1, 0.15) is 18.5 Å². The number of imidazole rings is 1. The number of carboxylic acid groups (broad SMARTS) is 1. The number of ether oxygens (including phenoxy) is 1. The zero-order valence-corrected chi connectivity index (χ0v) is 12.3. The molecule has 1 aromatic heterocycles. The number of aliphatic hydroxyl groups excluding tert-OH is 1. The van der Waals surface area contributed by atoms with E-state index in [0.29, 0.717) is 12.3 Å². The maximum absolute atomic E-state index is 10.9. The number of aliphatic hydroxyl groups is 1. The summed E-state index contributed by atoms with van der Waals surface area (Å²) in [4.78, 5) is 15.2. The largest absolute Gasteiger partial charge is 0.491 e. The Bertz CT molecular complexity index is 828. The molecule has 6 heteroatoms. The van der Waals surface area contributed by atoms with E-state index in [9.17, 15) is 9.90 Å². The van der Waals surface area contributed by atoms with E-state index in [1.807, 2.05) is 28.8 Å². The monoisotopic (exact) mass is 312 g/mol. The number of aromatic carboxylic acids is 1. The number of hydrogen-bond acceptors (Lipinski definition) is 4. The molecule has 1 heterocycles. The molecule has 0 bridgehead atoms. The quantitative estimate of drug-likeness (QED) is 0.729. The Hall–Kier alpha value is -2.86. The molecule has 0 saturated carbocycles. The van der Waals surface area contributed by atoms with Crippen LogP contribution in [-0.4, -0.2) is 38.4 Å². The Morgan fingerprint density at radius 2 is 2.04 bits per heavy atom. The highest BCUT2D eigenvalue weighted by atomic mass is 16.5. The van der Waals surface area contributed by atoms with Crippen LogP contribution in [0, 0.1) is 0 Å². The summed E-state index contributed by atoms with van der Waals surface area (Å²) in [6.45, 7) is 0.411. The van der Waals surface area contributed by atoms with Gasteiger partial charge in [-0.15, -0.1) is 0 Å². The summed E-state index contributed by atoms with van der Waals surface area (Å²) in [6, 6.07) is 13.9. The number of rotatable bonds is 6. The van der Waals surface area contributed by atoms with Gasteiger partial charge in [-0.3, -0.25) is 0 Å². The molecule has 23 heavy (non-hydrogen) atoms. The lowest BCUT2D eigenvalue weighted by atomic mass is 10.2. The fourth-order valence-corrected chi connectivity index (χ4v) is 2.35. The highest BCUT2D eigenvalue weighted by Gasteiger charge is 2.10. The highest BCUT2D eigenvalue weighted by Crippen LogP contribution is 2.15. The average Bonchev–Trinajstić information content (AvgIpc) is 2.96. The molecule has 0 aliphatic carbocycles. The SMILES string of the molecule is O=C(O)c1cccc(OC[C@H](O)Cn2cnc3ccccc32)c1. The molecule has 0 radical (unpaired) electrons. The summed E-state index contributed by atoms with van der Waals surface area (Å²) in [5, 5.41) is 19.1. The van der Waals surface area contributed by atoms with Crippen LogP contribution in [0.15, 0.2) is 54.9 Å². The smallest absolute Gasteiger partial charge is 0.335 e. The highest BCUT2D eigenvalue weighted by molar-refractivity contribution is 5.88. The van der Waals surface area contributed by atoms with Crippen LogP contribution in [0.1, 0.15) is 10.4 Å². The molecule has 0 amide bonds. The summed E-state index contributed by atoms with van der Waals surface area (Å²) >= 11 is 0. The van der Waals surface area contributed by atoms with Gasteiger partial charge in [-0.05, 0) is 30.3 Å². The van der Waals surface area contributed by atoms with Gasteiger partial charge in [-0.25, -0.2) is 9.78 Å². The van der Waals surface area contributed by atoms with Crippen LogP contribution in [0.25, 0.3) is 11.0 Å². The first-order chi connectivity index (χ1) is 11.1. The molecule has 3 aromatic rings. The first kappa shape index (κ1) is 15.1. The van der Waals surface area contributed by atoms with E-state index in [1.165, 1.54) is 12.1 Å². The van der Waals surface area contributed by atoms with Crippen LogP contribution in [0.4, 0.5) is 0 Å². The fourth-order valence-electron chi connectivity index (χ4n) is 2.35. The normalized spacial score (nSPS) is 12.2. The van der Waals surface area contributed by atoms with Crippen molar-refractivity contribution in [3.8, 4) is 5.75 Å². The maximum atomic E-state index is 10.9. The number of nitrogens with zero attached hydrogens (tertiary/aromatic N) is 2. The van der Waals surface area contributed by atoms with Gasteiger partial charge in [0, 0.05) is 0 Å². The Kier molecular flexibility index (Phi) is 4.25. The van der Waals surface area contributed by atoms with Crippen LogP contribution in [0.2, 0.25) is 0 Å². The Labute approximate surface area is 132 Å². The minimum Gasteiger partial charge on any atom is -0.491 e. The van der Waals surface area contributed by atoms with Crippen molar-refractivity contribution >= 4 is 17.0 Å². The second kappa shape index (κ2) is 6.50. The molecule has 0 saturated heterocycles. The molecule has 1 atom stereocenters. The molecule has 0 spiro atoms. The Morgan fingerprint density at radius 1 is 1.22 bits per heavy atom. The van der Waals surface area contributed by atoms with E-state index in [1.54, 1.807) is 18.5 Å². The number of hydrogen-bond donors (Lipinski definition) is 2. The first-order valence-electron chi connectivity index (χ1n) is 7.17. The number of aromatic nitrogens is 2. The third-order valence-electron chi connectivity index (χ3n) is 3.46. The standard InChI is InChI=1S/C17H16N2O4/c20-13(9-19-11-18-15-6-1-2-7-16(15)19)10-23-14-5-3-4-12(8-14)17(21)22/h1-8,11,13,20H,9-10H2,(H,21,22)/t13-/m1/s1. The van der Waals surface area contributed by atoms with Gasteiger partial charge in [0.25, 0.3) is 0 Å². The third kappa shape index (κ3) is 3.49. The van der Waals surface area contributed by atoms with Crippen molar-refractivity contribution in [2.45, 2.75) is 12.6 Å². The van der Waals surface area contributed by atoms with E-state index in [2.05, 4.69) is 4.98 Å². The summed E-state index contributed by atoms with van der Waals surface area (Å²) in [5.74, 6) is -0.597. The predicted molar refractivity (Wildman–Crippen MR) is 84.6 cm³/mol. The topological polar surface area (TPSA) is 84.6 Å². The van der Waals surface area contributed by atoms with E-state index in [4.69, 9.17) is 9.84 Å². The van der Waals surface area contributed by atoms with E-state index in [-0.39, 0.29) is 12.2 Å². The van der Waals surface area contributed by atoms with Gasteiger partial charge in [0.2, 0.25) is 0 Å². The van der Waals surface area contributed by atoms with Crippen molar-refractivity contribution in [3.63, 3.8) is 0 Å². The summed E-state index contributed by atoms with van der Waals surface area (Å²) in [7, 11) is 0. The van der Waals surface area contributed by atoms with Crippen molar-refractivity contribution in [1.29, 1.82) is 0 Å². The summed E-state index contributed by atoms with van der Waals surface area (Å²) < 4.78 is 7.33. The zero-order chi connectivity index (χ0) is 16.2. The van der Waals surface area contributed by atoms with Crippen molar-refractivity contribution in [2.24, 2.45) is 0 Å². The Balaban J connectivity index is 1.62. The van der Waals surface area contributed by atoms with Crippen molar-refractivity contribution < 1.29 is 19.7 Å². The minimum absolute atomic E-state index is 0.0651. The summed E-state index contributed by atoms with van der Waals surface area (Å²) in [5.41, 5.74) is 1.96. The predicted octanol–water partition coefficient (Wildman–Crippen LogP) is 2.17. The maximum Gasteiger partial charge on any atom is 0.335 e. The molecule has 0 fully saturated rings. The molecule has 3 rings (SSSR count). The van der Waals surface area contributed by atoms with Crippen LogP contribution in [0.3, 0.4) is 0 Å². The molecule has 6 nitrogen and oxygen atoms in total. The fraction of sp³-hybridized carbons (Fsp3) is 0.176. The van der Waals surface area contributed by atoms with Crippen molar-refractivity contribution in [3.05, 3.63) is 60.4 Å². The summed E-state index contributed by atoms with van der Waals surface area (Å²) in [6.07, 6.45) is 0.944. The minimum atomic E-state index is -1.01. The second-order valence-electron chi connectivity index (χ2n) is 5.18. The van der Waals surface area contributed by atoms with Crippen LogP contribution in [0.5, 0.6) is 5.75 Å². The van der Waals surface area contributed by atoms with Gasteiger partial charge in [0.15, 0.2) is 0 Å². The molecule has 0 aliphatic heterocycles. The van der Waals surface area contributed by atoms with Gasteiger partial charge >= 0.3 is 5.97 Å². The third-order valence-corrected chi connectivity index (χ3v) is 3.46. The van der Waals surface area contributed by atoms with Gasteiger partial charge in [0.05, 0.1) is 29.5 Å². The lowest BCUT2D eigenvalue weighted by molar-refractivity contribution is 0.0695. The van der Waals surface area contributed by atoms with Gasteiger partial charge in [-0.1, -0.05) is 18.2 Å².